The van der Waals surface area contributed by atoms with E-state index < -0.39 is 12.4 Å². The Labute approximate surface area is 107 Å². The summed E-state index contributed by atoms with van der Waals surface area (Å²) < 4.78 is 38.8. The van der Waals surface area contributed by atoms with Gasteiger partial charge in [-0.1, -0.05) is 0 Å². The topological polar surface area (TPSA) is 53.6 Å². The Morgan fingerprint density at radius 2 is 2.21 bits per heavy atom. The molecular formula is C12H9F3N4. The van der Waals surface area contributed by atoms with E-state index in [0.717, 1.165) is 12.3 Å². The highest BCUT2D eigenvalue weighted by molar-refractivity contribution is 5.57. The predicted octanol–water partition coefficient (Wildman–Crippen LogP) is 2.90. The molecule has 7 heteroatoms. The fourth-order valence-corrected chi connectivity index (χ4v) is 1.60. The van der Waals surface area contributed by atoms with E-state index in [0.29, 0.717) is 10.3 Å². The summed E-state index contributed by atoms with van der Waals surface area (Å²) in [4.78, 5) is 3.79. The van der Waals surface area contributed by atoms with Crippen LogP contribution in [0.1, 0.15) is 17.9 Å². The minimum atomic E-state index is -2.68. The van der Waals surface area contributed by atoms with Crippen molar-refractivity contribution in [3.8, 4) is 6.07 Å². The zero-order valence-electron chi connectivity index (χ0n) is 9.65. The molecule has 0 saturated carbocycles. The fraction of sp³-hybridized carbons (Fsp3) is 0.167. The highest BCUT2D eigenvalue weighted by Crippen LogP contribution is 2.18. The van der Waals surface area contributed by atoms with Crippen LogP contribution in [0.3, 0.4) is 0 Å². The number of nitrogens with one attached hydrogen (secondary N) is 1. The van der Waals surface area contributed by atoms with Crippen LogP contribution >= 0.6 is 0 Å². The first-order chi connectivity index (χ1) is 9.11. The lowest BCUT2D eigenvalue weighted by Crippen LogP contribution is -2.09. The summed E-state index contributed by atoms with van der Waals surface area (Å²) >= 11 is 0. The lowest BCUT2D eigenvalue weighted by molar-refractivity contribution is 0.0673. The number of hydrogen-bond donors (Lipinski definition) is 1. The zero-order valence-corrected chi connectivity index (χ0v) is 9.65. The Hall–Kier alpha value is -2.49. The second-order valence-electron chi connectivity index (χ2n) is 3.68. The molecular weight excluding hydrogens is 257 g/mol. The number of alkyl halides is 2. The van der Waals surface area contributed by atoms with Gasteiger partial charge in [-0.3, -0.25) is 4.57 Å². The number of rotatable bonds is 4. The first kappa shape index (κ1) is 13.0. The van der Waals surface area contributed by atoms with Crippen molar-refractivity contribution in [2.45, 2.75) is 13.1 Å². The molecule has 19 heavy (non-hydrogen) atoms. The Morgan fingerprint density at radius 3 is 2.89 bits per heavy atom. The van der Waals surface area contributed by atoms with Gasteiger partial charge in [0.15, 0.2) is 0 Å². The lowest BCUT2D eigenvalue weighted by Gasteiger charge is -2.09. The van der Waals surface area contributed by atoms with Crippen LogP contribution in [0.5, 0.6) is 0 Å². The summed E-state index contributed by atoms with van der Waals surface area (Å²) in [5, 5.41) is 11.6. The normalized spacial score (nSPS) is 10.5. The monoisotopic (exact) mass is 266 g/mol. The van der Waals surface area contributed by atoms with Gasteiger partial charge in [-0.05, 0) is 18.2 Å². The summed E-state index contributed by atoms with van der Waals surface area (Å²) in [7, 11) is 0. The molecule has 4 nitrogen and oxygen atoms in total. The summed E-state index contributed by atoms with van der Waals surface area (Å²) in [6.45, 7) is -2.67. The molecule has 0 aliphatic carbocycles. The van der Waals surface area contributed by atoms with Gasteiger partial charge in [0.05, 0.1) is 17.8 Å². The molecule has 1 heterocycles. The number of nitriles is 1. The van der Waals surface area contributed by atoms with Gasteiger partial charge >= 0.3 is 6.55 Å². The number of anilines is 1. The summed E-state index contributed by atoms with van der Waals surface area (Å²) in [5.74, 6) is -0.403. The second kappa shape index (κ2) is 5.44. The fourth-order valence-electron chi connectivity index (χ4n) is 1.60. The minimum absolute atomic E-state index is 0.0116. The van der Waals surface area contributed by atoms with E-state index in [2.05, 4.69) is 10.3 Å². The summed E-state index contributed by atoms with van der Waals surface area (Å²) in [5.41, 5.74) is 0.475. The molecule has 0 aliphatic heterocycles. The van der Waals surface area contributed by atoms with E-state index >= 15 is 0 Å². The standard InChI is InChI=1S/C12H9F3N4/c13-9-1-2-10(8(5-9)6-16)18-7-11-17-3-4-19(11)12(14)15/h1-5,12,18H,7H2. The molecule has 1 aromatic heterocycles. The van der Waals surface area contributed by atoms with Crippen LogP contribution < -0.4 is 5.32 Å². The highest BCUT2D eigenvalue weighted by atomic mass is 19.3. The highest BCUT2D eigenvalue weighted by Gasteiger charge is 2.11. The molecule has 98 valence electrons. The average molecular weight is 266 g/mol. The predicted molar refractivity (Wildman–Crippen MR) is 61.9 cm³/mol. The maximum Gasteiger partial charge on any atom is 0.319 e. The quantitative estimate of drug-likeness (QED) is 0.925. The van der Waals surface area contributed by atoms with Gasteiger partial charge in [-0.25, -0.2) is 9.37 Å². The number of imidazole rings is 1. The molecule has 1 N–H and O–H groups in total. The third-order valence-electron chi connectivity index (χ3n) is 2.50. The Morgan fingerprint density at radius 1 is 1.42 bits per heavy atom. The van der Waals surface area contributed by atoms with Crippen LogP contribution in [-0.2, 0) is 6.54 Å². The number of benzene rings is 1. The largest absolute Gasteiger partial charge is 0.377 e. The smallest absolute Gasteiger partial charge is 0.319 e. The van der Waals surface area contributed by atoms with Crippen LogP contribution in [0.2, 0.25) is 0 Å². The molecule has 0 amide bonds. The van der Waals surface area contributed by atoms with Crippen molar-refractivity contribution in [2.75, 3.05) is 5.32 Å². The van der Waals surface area contributed by atoms with Gasteiger partial charge in [0, 0.05) is 12.4 Å². The molecule has 0 unspecified atom stereocenters. The van der Waals surface area contributed by atoms with Crippen molar-refractivity contribution in [3.63, 3.8) is 0 Å². The second-order valence-corrected chi connectivity index (χ2v) is 3.68. The number of halogens is 3. The van der Waals surface area contributed by atoms with E-state index in [1.807, 2.05) is 6.07 Å². The van der Waals surface area contributed by atoms with Gasteiger partial charge in [0.2, 0.25) is 0 Å². The SMILES string of the molecule is N#Cc1cc(F)ccc1NCc1nccn1C(F)F. The Balaban J connectivity index is 2.15. The van der Waals surface area contributed by atoms with Crippen LogP contribution in [0.4, 0.5) is 18.9 Å². The summed E-state index contributed by atoms with van der Waals surface area (Å²) in [6.07, 6.45) is 2.43. The number of nitrogens with zero attached hydrogens (tertiary/aromatic N) is 3. The molecule has 2 aromatic rings. The zero-order chi connectivity index (χ0) is 13.8. The van der Waals surface area contributed by atoms with E-state index in [1.165, 1.54) is 18.3 Å². The first-order valence-electron chi connectivity index (χ1n) is 5.35. The van der Waals surface area contributed by atoms with Crippen molar-refractivity contribution in [1.82, 2.24) is 9.55 Å². The summed E-state index contributed by atoms with van der Waals surface area (Å²) in [6, 6.07) is 5.46. The van der Waals surface area contributed by atoms with Gasteiger partial charge in [0.25, 0.3) is 0 Å². The molecule has 2 rings (SSSR count). The van der Waals surface area contributed by atoms with Gasteiger partial charge < -0.3 is 5.32 Å². The van der Waals surface area contributed by atoms with E-state index in [4.69, 9.17) is 5.26 Å². The maximum absolute atomic E-state index is 12.9. The van der Waals surface area contributed by atoms with E-state index in [1.54, 1.807) is 0 Å². The third kappa shape index (κ3) is 2.85. The third-order valence-corrected chi connectivity index (χ3v) is 2.50. The molecule has 0 saturated heterocycles. The molecule has 1 aromatic carbocycles. The molecule has 0 fully saturated rings. The van der Waals surface area contributed by atoms with Gasteiger partial charge in [-0.15, -0.1) is 0 Å². The van der Waals surface area contributed by atoms with Crippen LogP contribution in [-0.4, -0.2) is 9.55 Å². The lowest BCUT2D eigenvalue weighted by atomic mass is 10.2. The van der Waals surface area contributed by atoms with Crippen molar-refractivity contribution in [3.05, 3.63) is 47.8 Å². The van der Waals surface area contributed by atoms with Crippen molar-refractivity contribution < 1.29 is 13.2 Å². The average Bonchev–Trinajstić information content (AvgIpc) is 2.85. The number of hydrogen-bond acceptors (Lipinski definition) is 3. The minimum Gasteiger partial charge on any atom is -0.377 e. The van der Waals surface area contributed by atoms with Crippen LogP contribution in [0.25, 0.3) is 0 Å². The molecule has 0 aliphatic rings. The Bertz CT molecular complexity index is 616. The van der Waals surface area contributed by atoms with Gasteiger partial charge in [-0.2, -0.15) is 14.0 Å². The van der Waals surface area contributed by atoms with E-state index in [9.17, 15) is 13.2 Å². The molecule has 0 radical (unpaired) electrons. The van der Waals surface area contributed by atoms with Gasteiger partial charge in [0.1, 0.15) is 17.7 Å². The van der Waals surface area contributed by atoms with Crippen LogP contribution in [0.15, 0.2) is 30.6 Å². The maximum atomic E-state index is 12.9. The molecule has 0 bridgehead atoms. The van der Waals surface area contributed by atoms with Crippen LogP contribution in [0, 0.1) is 17.1 Å². The number of aromatic nitrogens is 2. The van der Waals surface area contributed by atoms with Crippen molar-refractivity contribution in [2.24, 2.45) is 0 Å². The van der Waals surface area contributed by atoms with Crippen molar-refractivity contribution in [1.29, 1.82) is 5.26 Å². The molecule has 0 spiro atoms. The molecule has 0 atom stereocenters. The first-order valence-corrected chi connectivity index (χ1v) is 5.35. The van der Waals surface area contributed by atoms with E-state index in [-0.39, 0.29) is 17.9 Å². The Kier molecular flexibility index (Phi) is 3.71. The van der Waals surface area contributed by atoms with Crippen molar-refractivity contribution >= 4 is 5.69 Å².